The average Bonchev–Trinajstić information content (AvgIpc) is 3.69. The van der Waals surface area contributed by atoms with Gasteiger partial charge in [0.15, 0.2) is 0 Å². The molecule has 5 aliphatic carbocycles. The van der Waals surface area contributed by atoms with Gasteiger partial charge in [0.05, 0.1) is 5.71 Å². The molecule has 2 aliphatic heterocycles. The molecule has 48 heavy (non-hydrogen) atoms. The monoisotopic (exact) mass is 628 g/mol. The Balaban J connectivity index is 1.14. The number of hydrogen-bond donors (Lipinski definition) is 2. The summed E-state index contributed by atoms with van der Waals surface area (Å²) in [7, 11) is 0. The third kappa shape index (κ3) is 5.09. The van der Waals surface area contributed by atoms with Crippen LogP contribution in [0.3, 0.4) is 0 Å². The van der Waals surface area contributed by atoms with Gasteiger partial charge in [-0.15, -0.1) is 0 Å². The van der Waals surface area contributed by atoms with E-state index in [1.165, 1.54) is 51.8 Å². The zero-order valence-electron chi connectivity index (χ0n) is 28.0. The largest absolute Gasteiger partial charge is 0.354 e. The number of fused-ring (bicyclic) bond motifs is 3. The Morgan fingerprint density at radius 2 is 1.75 bits per heavy atom. The first kappa shape index (κ1) is 29.6. The van der Waals surface area contributed by atoms with Crippen LogP contribution in [-0.2, 0) is 0 Å². The zero-order chi connectivity index (χ0) is 32.2. The second kappa shape index (κ2) is 11.9. The highest BCUT2D eigenvalue weighted by Gasteiger charge is 2.50. The molecule has 4 nitrogen and oxygen atoms in total. The van der Waals surface area contributed by atoms with Gasteiger partial charge in [0.1, 0.15) is 18.2 Å². The Morgan fingerprint density at radius 1 is 0.833 bits per heavy atom. The first-order valence-corrected chi connectivity index (χ1v) is 17.9. The van der Waals surface area contributed by atoms with E-state index in [1.54, 1.807) is 11.1 Å². The summed E-state index contributed by atoms with van der Waals surface area (Å²) in [6.45, 7) is 5.02. The molecular formula is C44H44N4. The number of allylic oxidation sites excluding steroid dienone is 12. The maximum Gasteiger partial charge on any atom is 0.129 e. The normalized spacial score (nSPS) is 29.4. The summed E-state index contributed by atoms with van der Waals surface area (Å²) in [6.07, 6.45) is 33.7. The van der Waals surface area contributed by atoms with Crippen LogP contribution in [0.2, 0.25) is 0 Å². The van der Waals surface area contributed by atoms with Crippen LogP contribution in [0.25, 0.3) is 16.7 Å². The van der Waals surface area contributed by atoms with Crippen LogP contribution >= 0.6 is 0 Å². The minimum Gasteiger partial charge on any atom is -0.354 e. The van der Waals surface area contributed by atoms with Crippen molar-refractivity contribution < 1.29 is 0 Å². The third-order valence-electron chi connectivity index (χ3n) is 11.8. The fourth-order valence-electron chi connectivity index (χ4n) is 9.06. The van der Waals surface area contributed by atoms with Crippen molar-refractivity contribution in [1.29, 1.82) is 0 Å². The van der Waals surface area contributed by atoms with Crippen LogP contribution in [0.15, 0.2) is 142 Å². The van der Waals surface area contributed by atoms with Gasteiger partial charge in [0.2, 0.25) is 0 Å². The third-order valence-corrected chi connectivity index (χ3v) is 11.8. The van der Waals surface area contributed by atoms with Gasteiger partial charge in [-0.05, 0) is 119 Å². The Bertz CT molecular complexity index is 1990. The minimum atomic E-state index is -0.155. The second-order valence-electron chi connectivity index (χ2n) is 14.9. The van der Waals surface area contributed by atoms with Crippen molar-refractivity contribution in [2.45, 2.75) is 64.7 Å². The van der Waals surface area contributed by atoms with Gasteiger partial charge in [-0.2, -0.15) is 0 Å². The quantitative estimate of drug-likeness (QED) is 0.335. The van der Waals surface area contributed by atoms with Gasteiger partial charge >= 0.3 is 0 Å². The molecule has 1 saturated carbocycles. The van der Waals surface area contributed by atoms with E-state index in [0.29, 0.717) is 11.8 Å². The Morgan fingerprint density at radius 3 is 2.56 bits per heavy atom. The molecule has 4 heteroatoms. The summed E-state index contributed by atoms with van der Waals surface area (Å²) in [5, 5.41) is 7.67. The SMILES string of the molecule is CC1(C)C2CCC=C2C2=CC=C(c3cc(C4N=C(C5C=CC=CC5)NC(C5=CCCC=C5)N4)ccc3-c3cccc(C4=NC=C4)c3)CC21. The number of hydrogen-bond acceptors (Lipinski definition) is 4. The van der Waals surface area contributed by atoms with E-state index >= 15 is 0 Å². The van der Waals surface area contributed by atoms with Gasteiger partial charge in [-0.1, -0.05) is 105 Å². The van der Waals surface area contributed by atoms with Crippen LogP contribution < -0.4 is 10.6 Å². The predicted molar refractivity (Wildman–Crippen MR) is 199 cm³/mol. The van der Waals surface area contributed by atoms with Crippen molar-refractivity contribution in [3.8, 4) is 11.1 Å². The lowest BCUT2D eigenvalue weighted by atomic mass is 9.70. The topological polar surface area (TPSA) is 48.8 Å². The van der Waals surface area contributed by atoms with E-state index < -0.39 is 0 Å². The number of benzene rings is 2. The second-order valence-corrected chi connectivity index (χ2v) is 14.9. The standard InChI is InChI=1S/C44H44N4/c1-44(2)38-18-10-17-35(38)36-22-19-31(27-39(36)44)37-26-33(20-21-34(37)30-15-9-16-32(25-30)40-23-24-45-40)43-47-41(28-11-5-3-6-12-28)46-42(48-43)29-13-7-4-8-14-29/h3,5-7,9,11,13-17,19-26,28,38-39,42-43,48H,4,8,10,12,18,27H2,1-2H3,(H,46,47). The lowest BCUT2D eigenvalue weighted by molar-refractivity contribution is 0.206. The van der Waals surface area contributed by atoms with Crippen molar-refractivity contribution in [2.75, 3.05) is 0 Å². The Hall–Kier alpha value is -4.54. The summed E-state index contributed by atoms with van der Waals surface area (Å²) in [4.78, 5) is 9.87. The molecule has 2 aromatic rings. The molecule has 5 atom stereocenters. The van der Waals surface area contributed by atoms with Crippen LogP contribution in [0.1, 0.15) is 75.2 Å². The van der Waals surface area contributed by atoms with Crippen molar-refractivity contribution in [2.24, 2.45) is 33.2 Å². The number of rotatable bonds is 6. The first-order valence-electron chi connectivity index (χ1n) is 17.9. The van der Waals surface area contributed by atoms with E-state index in [9.17, 15) is 0 Å². The van der Waals surface area contributed by atoms with Crippen molar-refractivity contribution in [1.82, 2.24) is 10.6 Å². The molecule has 9 rings (SSSR count). The molecule has 5 unspecified atom stereocenters. The summed E-state index contributed by atoms with van der Waals surface area (Å²) in [6, 6.07) is 16.0. The highest BCUT2D eigenvalue weighted by Crippen LogP contribution is 2.61. The van der Waals surface area contributed by atoms with Gasteiger partial charge in [0.25, 0.3) is 0 Å². The van der Waals surface area contributed by atoms with Gasteiger partial charge < -0.3 is 5.32 Å². The van der Waals surface area contributed by atoms with Crippen molar-refractivity contribution >= 4 is 17.1 Å². The summed E-state index contributed by atoms with van der Waals surface area (Å²) in [5.74, 6) is 2.53. The summed E-state index contributed by atoms with van der Waals surface area (Å²) in [5.41, 5.74) is 13.4. The predicted octanol–water partition coefficient (Wildman–Crippen LogP) is 9.70. The molecule has 7 aliphatic rings. The maximum absolute atomic E-state index is 5.38. The average molecular weight is 629 g/mol. The molecule has 2 heterocycles. The molecule has 1 fully saturated rings. The van der Waals surface area contributed by atoms with E-state index in [4.69, 9.17) is 4.99 Å². The molecule has 2 N–H and O–H groups in total. The number of nitrogens with zero attached hydrogens (tertiary/aromatic N) is 2. The lowest BCUT2D eigenvalue weighted by Gasteiger charge is -2.36. The van der Waals surface area contributed by atoms with E-state index in [0.717, 1.165) is 37.2 Å². The molecule has 0 bridgehead atoms. The van der Waals surface area contributed by atoms with E-state index in [2.05, 4.69) is 139 Å². The smallest absolute Gasteiger partial charge is 0.129 e. The number of nitrogens with one attached hydrogen (secondary N) is 2. The fourth-order valence-corrected chi connectivity index (χ4v) is 9.06. The molecule has 0 saturated heterocycles. The molecule has 2 aromatic carbocycles. The molecule has 0 spiro atoms. The van der Waals surface area contributed by atoms with E-state index in [1.807, 2.05) is 6.20 Å². The Labute approximate surface area is 284 Å². The maximum atomic E-state index is 5.38. The van der Waals surface area contributed by atoms with Gasteiger partial charge in [0, 0.05) is 17.7 Å². The zero-order valence-corrected chi connectivity index (χ0v) is 28.0. The fraction of sp³-hybridized carbons (Fsp3) is 0.318. The molecule has 240 valence electrons. The van der Waals surface area contributed by atoms with Crippen LogP contribution in [0, 0.1) is 23.2 Å². The van der Waals surface area contributed by atoms with Crippen LogP contribution in [0.4, 0.5) is 0 Å². The van der Waals surface area contributed by atoms with E-state index in [-0.39, 0.29) is 23.7 Å². The number of amidine groups is 1. The minimum absolute atomic E-state index is 0.0147. The van der Waals surface area contributed by atoms with Crippen LogP contribution in [0.5, 0.6) is 0 Å². The van der Waals surface area contributed by atoms with Crippen molar-refractivity contribution in [3.63, 3.8) is 0 Å². The summed E-state index contributed by atoms with van der Waals surface area (Å²) < 4.78 is 0. The highest BCUT2D eigenvalue weighted by atomic mass is 15.3. The summed E-state index contributed by atoms with van der Waals surface area (Å²) >= 11 is 0. The molecular weight excluding hydrogens is 585 g/mol. The van der Waals surface area contributed by atoms with Crippen molar-refractivity contribution in [3.05, 3.63) is 149 Å². The van der Waals surface area contributed by atoms with Crippen LogP contribution in [-0.4, -0.2) is 17.7 Å². The highest BCUT2D eigenvalue weighted by molar-refractivity contribution is 6.12. The number of aliphatic imine (C=N–C) groups is 2. The van der Waals surface area contributed by atoms with Gasteiger partial charge in [-0.3, -0.25) is 10.3 Å². The molecule has 0 amide bonds. The molecule has 0 radical (unpaired) electrons. The lowest BCUT2D eigenvalue weighted by Crippen LogP contribution is -2.53. The Kier molecular flexibility index (Phi) is 7.31. The molecule has 0 aromatic heterocycles. The first-order chi connectivity index (χ1) is 23.5. The van der Waals surface area contributed by atoms with Gasteiger partial charge in [-0.25, -0.2) is 4.99 Å².